The highest BCUT2D eigenvalue weighted by Gasteiger charge is 2.33. The molecule has 0 spiro atoms. The molecule has 6 nitrogen and oxygen atoms in total. The zero-order chi connectivity index (χ0) is 19.7. The Morgan fingerprint density at radius 3 is 2.82 bits per heavy atom. The summed E-state index contributed by atoms with van der Waals surface area (Å²) in [4.78, 5) is 26.9. The van der Waals surface area contributed by atoms with E-state index in [4.69, 9.17) is 9.15 Å². The van der Waals surface area contributed by atoms with Crippen molar-refractivity contribution in [3.05, 3.63) is 59.9 Å². The summed E-state index contributed by atoms with van der Waals surface area (Å²) in [6.45, 7) is 2.26. The number of fused-ring (bicyclic) bond motifs is 2. The molecule has 4 rings (SSSR count). The summed E-state index contributed by atoms with van der Waals surface area (Å²) in [7, 11) is 1.56. The molecule has 2 amide bonds. The quantitative estimate of drug-likeness (QED) is 0.757. The highest BCUT2D eigenvalue weighted by atomic mass is 16.5. The third kappa shape index (κ3) is 3.22. The lowest BCUT2D eigenvalue weighted by atomic mass is 10.1. The molecule has 3 aromatic rings. The number of ether oxygens (including phenoxy) is 1. The first kappa shape index (κ1) is 18.1. The summed E-state index contributed by atoms with van der Waals surface area (Å²) < 4.78 is 11.4. The molecular weight excluding hydrogens is 356 g/mol. The summed E-state index contributed by atoms with van der Waals surface area (Å²) in [6.07, 6.45) is 2.02. The van der Waals surface area contributed by atoms with Gasteiger partial charge in [0.2, 0.25) is 5.91 Å². The second-order valence-corrected chi connectivity index (χ2v) is 6.81. The Labute approximate surface area is 163 Å². The molecular formula is C22H22N2O4. The Morgan fingerprint density at radius 2 is 2.04 bits per heavy atom. The first-order valence-corrected chi connectivity index (χ1v) is 9.37. The molecule has 0 radical (unpaired) electrons. The number of hydrogen-bond acceptors (Lipinski definition) is 4. The molecule has 144 valence electrons. The van der Waals surface area contributed by atoms with Crippen molar-refractivity contribution < 1.29 is 18.7 Å². The molecule has 0 fully saturated rings. The van der Waals surface area contributed by atoms with Crippen molar-refractivity contribution >= 4 is 28.5 Å². The van der Waals surface area contributed by atoms with Crippen LogP contribution in [0.15, 0.2) is 53.1 Å². The Balaban J connectivity index is 1.63. The van der Waals surface area contributed by atoms with Crippen molar-refractivity contribution in [1.29, 1.82) is 0 Å². The molecule has 1 aliphatic heterocycles. The Kier molecular flexibility index (Phi) is 4.77. The van der Waals surface area contributed by atoms with Crippen molar-refractivity contribution in [2.75, 3.05) is 18.5 Å². The van der Waals surface area contributed by atoms with Crippen LogP contribution in [0.2, 0.25) is 0 Å². The molecule has 1 aromatic heterocycles. The van der Waals surface area contributed by atoms with Crippen LogP contribution in [0.1, 0.15) is 18.1 Å². The molecule has 1 N–H and O–H groups in total. The lowest BCUT2D eigenvalue weighted by molar-refractivity contribution is -0.127. The van der Waals surface area contributed by atoms with Gasteiger partial charge in [-0.3, -0.25) is 9.59 Å². The normalized spacial score (nSPS) is 15.8. The maximum absolute atomic E-state index is 13.1. The Bertz CT molecular complexity index is 1040. The maximum Gasteiger partial charge on any atom is 0.262 e. The highest BCUT2D eigenvalue weighted by molar-refractivity contribution is 6.00. The third-order valence-corrected chi connectivity index (χ3v) is 5.08. The number of carbonyl (C=O) groups is 2. The minimum absolute atomic E-state index is 0.105. The molecule has 0 saturated carbocycles. The largest absolute Gasteiger partial charge is 0.477 e. The number of hydrogen-bond donors (Lipinski definition) is 1. The van der Waals surface area contributed by atoms with E-state index in [1.807, 2.05) is 30.3 Å². The fourth-order valence-corrected chi connectivity index (χ4v) is 3.51. The summed E-state index contributed by atoms with van der Waals surface area (Å²) in [5.41, 5.74) is 3.49. The highest BCUT2D eigenvalue weighted by Crippen LogP contribution is 2.34. The van der Waals surface area contributed by atoms with Gasteiger partial charge in [-0.15, -0.1) is 0 Å². The summed E-state index contributed by atoms with van der Waals surface area (Å²) in [6, 6.07) is 13.3. The Morgan fingerprint density at radius 1 is 1.21 bits per heavy atom. The number of furan rings is 1. The van der Waals surface area contributed by atoms with Gasteiger partial charge in [0.1, 0.15) is 11.3 Å². The number of rotatable bonds is 4. The average Bonchev–Trinajstić information content (AvgIpc) is 3.13. The van der Waals surface area contributed by atoms with E-state index < -0.39 is 6.10 Å². The smallest absolute Gasteiger partial charge is 0.262 e. The lowest BCUT2D eigenvalue weighted by Crippen LogP contribution is -2.50. The van der Waals surface area contributed by atoms with Gasteiger partial charge in [0, 0.05) is 18.0 Å². The second kappa shape index (κ2) is 7.38. The molecule has 6 heteroatoms. The van der Waals surface area contributed by atoms with E-state index in [1.165, 1.54) is 5.56 Å². The number of anilines is 1. The van der Waals surface area contributed by atoms with Gasteiger partial charge in [-0.25, -0.2) is 0 Å². The second-order valence-electron chi connectivity index (χ2n) is 6.81. The van der Waals surface area contributed by atoms with Crippen molar-refractivity contribution in [3.8, 4) is 5.75 Å². The average molecular weight is 378 g/mol. The fourth-order valence-electron chi connectivity index (χ4n) is 3.51. The summed E-state index contributed by atoms with van der Waals surface area (Å²) in [5, 5.41) is 3.53. The fraction of sp³-hybridized carbons (Fsp3) is 0.273. The van der Waals surface area contributed by atoms with Gasteiger partial charge in [0.05, 0.1) is 24.9 Å². The van der Waals surface area contributed by atoms with E-state index in [0.717, 1.165) is 23.0 Å². The standard InChI is InChI=1S/C22H22N2O4/c1-3-14-8-9-16-15(13-27-19(16)10-14)11-21(25)24-12-20(22(26)23-2)28-18-7-5-4-6-17(18)24/h4-10,13,20H,3,11-12H2,1-2H3,(H,23,26)/t20-/m0/s1. The monoisotopic (exact) mass is 378 g/mol. The van der Waals surface area contributed by atoms with Crippen molar-refractivity contribution in [1.82, 2.24) is 5.32 Å². The van der Waals surface area contributed by atoms with E-state index in [0.29, 0.717) is 11.4 Å². The van der Waals surface area contributed by atoms with E-state index in [9.17, 15) is 9.59 Å². The molecule has 0 aliphatic carbocycles. The molecule has 1 aliphatic rings. The topological polar surface area (TPSA) is 71.8 Å². The molecule has 0 saturated heterocycles. The van der Waals surface area contributed by atoms with Crippen LogP contribution in [0, 0.1) is 0 Å². The van der Waals surface area contributed by atoms with Crippen molar-refractivity contribution in [3.63, 3.8) is 0 Å². The van der Waals surface area contributed by atoms with Crippen molar-refractivity contribution in [2.24, 2.45) is 0 Å². The van der Waals surface area contributed by atoms with Gasteiger partial charge < -0.3 is 19.4 Å². The van der Waals surface area contributed by atoms with Crippen LogP contribution in [-0.4, -0.2) is 31.5 Å². The molecule has 0 bridgehead atoms. The van der Waals surface area contributed by atoms with Gasteiger partial charge in [-0.2, -0.15) is 0 Å². The first-order valence-electron chi connectivity index (χ1n) is 9.37. The van der Waals surface area contributed by atoms with E-state index >= 15 is 0 Å². The number of nitrogens with one attached hydrogen (secondary N) is 1. The minimum atomic E-state index is -0.739. The zero-order valence-corrected chi connectivity index (χ0v) is 15.9. The van der Waals surface area contributed by atoms with Gasteiger partial charge in [-0.05, 0) is 30.2 Å². The molecule has 2 aromatic carbocycles. The van der Waals surface area contributed by atoms with E-state index in [1.54, 1.807) is 24.3 Å². The number of nitrogens with zero attached hydrogens (tertiary/aromatic N) is 1. The predicted octanol–water partition coefficient (Wildman–Crippen LogP) is 3.08. The number of amides is 2. The summed E-state index contributed by atoms with van der Waals surface area (Å²) in [5.74, 6) is 0.167. The van der Waals surface area contributed by atoms with Crippen LogP contribution in [-0.2, 0) is 22.4 Å². The van der Waals surface area contributed by atoms with Crippen LogP contribution in [0.4, 0.5) is 5.69 Å². The third-order valence-electron chi connectivity index (χ3n) is 5.08. The number of likely N-dealkylation sites (N-methyl/N-ethyl adjacent to an activating group) is 1. The van der Waals surface area contributed by atoms with Gasteiger partial charge in [0.25, 0.3) is 5.91 Å². The molecule has 2 heterocycles. The lowest BCUT2D eigenvalue weighted by Gasteiger charge is -2.34. The Hall–Kier alpha value is -3.28. The van der Waals surface area contributed by atoms with E-state index in [2.05, 4.69) is 18.3 Å². The number of aryl methyl sites for hydroxylation is 1. The molecule has 1 atom stereocenters. The van der Waals surface area contributed by atoms with Crippen molar-refractivity contribution in [2.45, 2.75) is 25.9 Å². The minimum Gasteiger partial charge on any atom is -0.477 e. The van der Waals surface area contributed by atoms with Gasteiger partial charge in [-0.1, -0.05) is 31.2 Å². The van der Waals surface area contributed by atoms with Crippen LogP contribution in [0.5, 0.6) is 5.75 Å². The number of carbonyl (C=O) groups excluding carboxylic acids is 2. The SMILES string of the molecule is CCc1ccc2c(CC(=O)N3C[C@@H](C(=O)NC)Oc4ccccc43)coc2c1. The van der Waals surface area contributed by atoms with E-state index in [-0.39, 0.29) is 24.8 Å². The number of benzene rings is 2. The van der Waals surface area contributed by atoms with Crippen LogP contribution in [0.25, 0.3) is 11.0 Å². The summed E-state index contributed by atoms with van der Waals surface area (Å²) >= 11 is 0. The molecule has 28 heavy (non-hydrogen) atoms. The van der Waals surface area contributed by atoms with Crippen LogP contribution >= 0.6 is 0 Å². The number of para-hydroxylation sites is 2. The first-order chi connectivity index (χ1) is 13.6. The zero-order valence-electron chi connectivity index (χ0n) is 15.9. The maximum atomic E-state index is 13.1. The van der Waals surface area contributed by atoms with Gasteiger partial charge in [0.15, 0.2) is 6.10 Å². The molecule has 0 unspecified atom stereocenters. The predicted molar refractivity (Wildman–Crippen MR) is 107 cm³/mol. The van der Waals surface area contributed by atoms with Crippen LogP contribution < -0.4 is 15.0 Å². The van der Waals surface area contributed by atoms with Crippen LogP contribution in [0.3, 0.4) is 0 Å². The van der Waals surface area contributed by atoms with Gasteiger partial charge >= 0.3 is 0 Å².